The van der Waals surface area contributed by atoms with E-state index in [4.69, 9.17) is 9.47 Å². The number of rotatable bonds is 8. The lowest BCUT2D eigenvalue weighted by Gasteiger charge is -2.25. The summed E-state index contributed by atoms with van der Waals surface area (Å²) >= 11 is 0. The van der Waals surface area contributed by atoms with Gasteiger partial charge in [0.15, 0.2) is 0 Å². The quantitative estimate of drug-likeness (QED) is 0.303. The van der Waals surface area contributed by atoms with Crippen LogP contribution in [-0.2, 0) is 20.9 Å². The smallest absolute Gasteiger partial charge is 0.295 e. The van der Waals surface area contributed by atoms with Crippen molar-refractivity contribution < 1.29 is 24.2 Å². The number of methoxy groups -OCH3 is 1. The van der Waals surface area contributed by atoms with Gasteiger partial charge < -0.3 is 19.5 Å². The number of ether oxygens (including phenoxy) is 2. The van der Waals surface area contributed by atoms with Crippen LogP contribution in [0.1, 0.15) is 28.3 Å². The zero-order chi connectivity index (χ0) is 24.1. The minimum atomic E-state index is -0.704. The first-order chi connectivity index (χ1) is 16.5. The summed E-state index contributed by atoms with van der Waals surface area (Å²) in [5.74, 6) is -0.873. The zero-order valence-corrected chi connectivity index (χ0v) is 19.2. The van der Waals surface area contributed by atoms with Crippen LogP contribution in [0.25, 0.3) is 5.76 Å². The van der Waals surface area contributed by atoms with E-state index in [1.807, 2.05) is 67.6 Å². The highest BCUT2D eigenvalue weighted by Gasteiger charge is 2.45. The molecule has 0 saturated carbocycles. The largest absolute Gasteiger partial charge is 0.507 e. The minimum absolute atomic E-state index is 0.0738. The molecule has 1 aliphatic heterocycles. The molecule has 1 atom stereocenters. The molecule has 0 aromatic heterocycles. The van der Waals surface area contributed by atoms with Crippen LogP contribution in [0.5, 0.6) is 5.75 Å². The normalized spacial score (nSPS) is 17.2. The van der Waals surface area contributed by atoms with Crippen LogP contribution in [-0.4, -0.2) is 42.0 Å². The van der Waals surface area contributed by atoms with E-state index in [1.165, 1.54) is 12.0 Å². The number of aliphatic hydroxyl groups is 1. The Morgan fingerprint density at radius 2 is 1.65 bits per heavy atom. The average Bonchev–Trinajstić information content (AvgIpc) is 3.12. The van der Waals surface area contributed by atoms with Crippen molar-refractivity contribution in [2.75, 3.05) is 20.3 Å². The number of benzene rings is 3. The molecule has 1 heterocycles. The molecule has 3 aromatic rings. The van der Waals surface area contributed by atoms with Gasteiger partial charge in [0.2, 0.25) is 0 Å². The molecule has 3 aromatic carbocycles. The molecule has 1 N–H and O–H groups in total. The summed E-state index contributed by atoms with van der Waals surface area (Å²) in [6.07, 6.45) is 0. The molecule has 4 rings (SSSR count). The highest BCUT2D eigenvalue weighted by molar-refractivity contribution is 6.46. The number of hydrogen-bond donors (Lipinski definition) is 1. The maximum Gasteiger partial charge on any atom is 0.295 e. The number of Topliss-reactive ketones (excluding diaryl/α,β-unsaturated/α-hetero) is 1. The third kappa shape index (κ3) is 4.72. The van der Waals surface area contributed by atoms with E-state index in [0.29, 0.717) is 17.9 Å². The highest BCUT2D eigenvalue weighted by Crippen LogP contribution is 2.39. The number of carbonyl (C=O) groups is 2. The van der Waals surface area contributed by atoms with Gasteiger partial charge in [-0.05, 0) is 41.8 Å². The van der Waals surface area contributed by atoms with E-state index < -0.39 is 17.7 Å². The molecule has 1 unspecified atom stereocenters. The Bertz CT molecular complexity index is 1200. The first kappa shape index (κ1) is 23.3. The van der Waals surface area contributed by atoms with Crippen molar-refractivity contribution in [3.63, 3.8) is 0 Å². The molecular weight excluding hydrogens is 430 g/mol. The van der Waals surface area contributed by atoms with Gasteiger partial charge >= 0.3 is 0 Å². The van der Waals surface area contributed by atoms with Crippen LogP contribution in [0.15, 0.2) is 84.4 Å². The third-order valence-electron chi connectivity index (χ3n) is 5.88. The molecule has 6 heteroatoms. The second-order valence-electron chi connectivity index (χ2n) is 8.15. The summed E-state index contributed by atoms with van der Waals surface area (Å²) in [4.78, 5) is 27.3. The lowest BCUT2D eigenvalue weighted by molar-refractivity contribution is -0.140. The van der Waals surface area contributed by atoms with Crippen molar-refractivity contribution in [3.05, 3.63) is 107 Å². The van der Waals surface area contributed by atoms with Crippen molar-refractivity contribution in [1.29, 1.82) is 0 Å². The summed E-state index contributed by atoms with van der Waals surface area (Å²) in [5.41, 5.74) is 3.14. The van der Waals surface area contributed by atoms with Gasteiger partial charge in [0.05, 0.1) is 18.2 Å². The van der Waals surface area contributed by atoms with E-state index in [2.05, 4.69) is 0 Å². The lowest BCUT2D eigenvalue weighted by atomic mass is 9.95. The summed E-state index contributed by atoms with van der Waals surface area (Å²) in [5, 5.41) is 11.2. The standard InChI is InChI=1S/C28H27NO5/c1-19-17-22(13-14-23(19)34-18-20-9-5-3-6-10-20)26(30)24-25(21-11-7-4-8-12-21)29(15-16-33-2)28(32)27(24)31/h3-14,17,25,30H,15-16,18H2,1-2H3/b26-24-. The summed E-state index contributed by atoms with van der Waals surface area (Å²) < 4.78 is 11.1. The Labute approximate surface area is 199 Å². The molecular formula is C28H27NO5. The number of amides is 1. The molecule has 6 nitrogen and oxygen atoms in total. The zero-order valence-electron chi connectivity index (χ0n) is 19.2. The fourth-order valence-corrected chi connectivity index (χ4v) is 4.13. The van der Waals surface area contributed by atoms with Crippen LogP contribution in [0.2, 0.25) is 0 Å². The Morgan fingerprint density at radius 1 is 0.971 bits per heavy atom. The number of aliphatic hydroxyl groups excluding tert-OH is 1. The molecule has 0 bridgehead atoms. The van der Waals surface area contributed by atoms with Gasteiger partial charge in [-0.25, -0.2) is 0 Å². The van der Waals surface area contributed by atoms with Crippen molar-refractivity contribution in [2.45, 2.75) is 19.6 Å². The third-order valence-corrected chi connectivity index (χ3v) is 5.88. The molecule has 1 aliphatic rings. The van der Waals surface area contributed by atoms with Gasteiger partial charge in [0.25, 0.3) is 11.7 Å². The first-order valence-electron chi connectivity index (χ1n) is 11.1. The van der Waals surface area contributed by atoms with E-state index in [1.54, 1.807) is 18.2 Å². The van der Waals surface area contributed by atoms with Gasteiger partial charge in [-0.2, -0.15) is 0 Å². The maximum atomic E-state index is 13.0. The predicted octanol–water partition coefficient (Wildman–Crippen LogP) is 4.64. The van der Waals surface area contributed by atoms with Crippen LogP contribution in [0, 0.1) is 6.92 Å². The first-order valence-corrected chi connectivity index (χ1v) is 11.1. The summed E-state index contributed by atoms with van der Waals surface area (Å²) in [7, 11) is 1.54. The number of carbonyl (C=O) groups excluding carboxylic acids is 2. The molecule has 1 amide bonds. The van der Waals surface area contributed by atoms with Crippen LogP contribution < -0.4 is 4.74 Å². The number of likely N-dealkylation sites (tertiary alicyclic amines) is 1. The van der Waals surface area contributed by atoms with Gasteiger partial charge in [-0.3, -0.25) is 9.59 Å². The van der Waals surface area contributed by atoms with Gasteiger partial charge in [0, 0.05) is 19.2 Å². The number of aryl methyl sites for hydroxylation is 1. The molecule has 0 aliphatic carbocycles. The minimum Gasteiger partial charge on any atom is -0.507 e. The Hall–Kier alpha value is -3.90. The van der Waals surface area contributed by atoms with Crippen LogP contribution in [0.3, 0.4) is 0 Å². The molecule has 34 heavy (non-hydrogen) atoms. The second kappa shape index (κ2) is 10.4. The van der Waals surface area contributed by atoms with Crippen molar-refractivity contribution in [3.8, 4) is 5.75 Å². The number of ketones is 1. The van der Waals surface area contributed by atoms with E-state index in [9.17, 15) is 14.7 Å². The predicted molar refractivity (Wildman–Crippen MR) is 129 cm³/mol. The topological polar surface area (TPSA) is 76.1 Å². The summed E-state index contributed by atoms with van der Waals surface area (Å²) in [6, 6.07) is 23.6. The highest BCUT2D eigenvalue weighted by atomic mass is 16.5. The van der Waals surface area contributed by atoms with Gasteiger partial charge in [0.1, 0.15) is 18.1 Å². The SMILES string of the molecule is COCCN1C(=O)C(=O)/C(=C(\O)c2ccc(OCc3ccccc3)c(C)c2)C1c1ccccc1. The van der Waals surface area contributed by atoms with Gasteiger partial charge in [-0.1, -0.05) is 60.7 Å². The van der Waals surface area contributed by atoms with Crippen molar-refractivity contribution in [2.24, 2.45) is 0 Å². The molecule has 0 spiro atoms. The Kier molecular flexibility index (Phi) is 7.09. The van der Waals surface area contributed by atoms with Gasteiger partial charge in [-0.15, -0.1) is 0 Å². The molecule has 174 valence electrons. The molecule has 1 saturated heterocycles. The average molecular weight is 458 g/mol. The van der Waals surface area contributed by atoms with E-state index in [0.717, 1.165) is 16.7 Å². The Morgan fingerprint density at radius 3 is 2.29 bits per heavy atom. The number of nitrogens with zero attached hydrogens (tertiary/aromatic N) is 1. The van der Waals surface area contributed by atoms with Crippen LogP contribution in [0.4, 0.5) is 0 Å². The molecule has 1 fully saturated rings. The van der Waals surface area contributed by atoms with E-state index in [-0.39, 0.29) is 24.5 Å². The van der Waals surface area contributed by atoms with Crippen molar-refractivity contribution in [1.82, 2.24) is 4.90 Å². The molecule has 0 radical (unpaired) electrons. The second-order valence-corrected chi connectivity index (χ2v) is 8.15. The fourth-order valence-electron chi connectivity index (χ4n) is 4.13. The number of hydrogen-bond acceptors (Lipinski definition) is 5. The monoisotopic (exact) mass is 457 g/mol. The van der Waals surface area contributed by atoms with E-state index >= 15 is 0 Å². The Balaban J connectivity index is 1.68. The van der Waals surface area contributed by atoms with Crippen LogP contribution >= 0.6 is 0 Å². The van der Waals surface area contributed by atoms with Crippen molar-refractivity contribution >= 4 is 17.4 Å². The maximum absolute atomic E-state index is 13.0. The fraction of sp³-hybridized carbons (Fsp3) is 0.214. The summed E-state index contributed by atoms with van der Waals surface area (Å²) in [6.45, 7) is 2.82. The lowest BCUT2D eigenvalue weighted by Crippen LogP contribution is -2.32.